The van der Waals surface area contributed by atoms with Crippen LogP contribution in [-0.4, -0.2) is 16.1 Å². The largest absolute Gasteiger partial charge is 0.574 e. The second kappa shape index (κ2) is 3.51. The van der Waals surface area contributed by atoms with Crippen molar-refractivity contribution in [3.63, 3.8) is 0 Å². The maximum atomic E-state index is 12.0. The van der Waals surface area contributed by atoms with Crippen LogP contribution in [-0.2, 0) is 0 Å². The van der Waals surface area contributed by atoms with E-state index >= 15 is 0 Å². The SMILES string of the molecule is Cc1cnn(C(C)C)c1OC(F)(F)F. The standard InChI is InChI=1S/C8H11F3N2O/c1-5(2)13-7(6(3)4-12-13)14-8(9,10)11/h4-5H,1-3H3. The Bertz CT molecular complexity index is 317. The number of rotatable bonds is 2. The first-order valence-corrected chi connectivity index (χ1v) is 4.11. The van der Waals surface area contributed by atoms with E-state index in [1.165, 1.54) is 17.8 Å². The van der Waals surface area contributed by atoms with Gasteiger partial charge in [0.2, 0.25) is 5.88 Å². The molecule has 0 bridgehead atoms. The lowest BCUT2D eigenvalue weighted by molar-refractivity contribution is -0.277. The number of aryl methyl sites for hydroxylation is 1. The average Bonchev–Trinajstić information content (AvgIpc) is 2.29. The molecule has 3 nitrogen and oxygen atoms in total. The van der Waals surface area contributed by atoms with E-state index in [1.54, 1.807) is 13.8 Å². The zero-order valence-electron chi connectivity index (χ0n) is 8.09. The molecule has 0 spiro atoms. The van der Waals surface area contributed by atoms with E-state index < -0.39 is 6.36 Å². The minimum absolute atomic E-state index is 0.166. The van der Waals surface area contributed by atoms with Crippen LogP contribution in [0.1, 0.15) is 25.5 Å². The van der Waals surface area contributed by atoms with E-state index in [9.17, 15) is 13.2 Å². The van der Waals surface area contributed by atoms with Gasteiger partial charge in [0, 0.05) is 5.56 Å². The Labute approximate surface area is 79.5 Å². The van der Waals surface area contributed by atoms with Gasteiger partial charge in [-0.15, -0.1) is 13.2 Å². The Balaban J connectivity index is 3.00. The maximum Gasteiger partial charge on any atom is 0.574 e. The third-order valence-corrected chi connectivity index (χ3v) is 1.62. The van der Waals surface area contributed by atoms with Gasteiger partial charge >= 0.3 is 6.36 Å². The highest BCUT2D eigenvalue weighted by Gasteiger charge is 2.33. The van der Waals surface area contributed by atoms with Gasteiger partial charge in [-0.1, -0.05) is 0 Å². The second-order valence-electron chi connectivity index (χ2n) is 3.22. The number of ether oxygens (including phenoxy) is 1. The minimum Gasteiger partial charge on any atom is -0.388 e. The van der Waals surface area contributed by atoms with E-state index in [0.29, 0.717) is 5.56 Å². The van der Waals surface area contributed by atoms with Crippen LogP contribution in [0.15, 0.2) is 6.20 Å². The lowest BCUT2D eigenvalue weighted by Gasteiger charge is -2.14. The van der Waals surface area contributed by atoms with Gasteiger partial charge < -0.3 is 4.74 Å². The molecule has 0 aliphatic heterocycles. The first-order valence-electron chi connectivity index (χ1n) is 4.11. The zero-order valence-corrected chi connectivity index (χ0v) is 8.09. The van der Waals surface area contributed by atoms with Crippen molar-refractivity contribution >= 4 is 0 Å². The molecular weight excluding hydrogens is 197 g/mol. The van der Waals surface area contributed by atoms with Gasteiger partial charge in [-0.2, -0.15) is 5.10 Å². The van der Waals surface area contributed by atoms with Crippen LogP contribution in [0.3, 0.4) is 0 Å². The summed E-state index contributed by atoms with van der Waals surface area (Å²) in [5.74, 6) is -0.243. The summed E-state index contributed by atoms with van der Waals surface area (Å²) in [5.41, 5.74) is 0.371. The number of alkyl halides is 3. The fraction of sp³-hybridized carbons (Fsp3) is 0.625. The molecule has 0 saturated heterocycles. The third kappa shape index (κ3) is 2.40. The van der Waals surface area contributed by atoms with Crippen LogP contribution in [0.25, 0.3) is 0 Å². The van der Waals surface area contributed by atoms with Crippen molar-refractivity contribution in [2.75, 3.05) is 0 Å². The monoisotopic (exact) mass is 208 g/mol. The van der Waals surface area contributed by atoms with E-state index in [1.807, 2.05) is 0 Å². The lowest BCUT2D eigenvalue weighted by atomic mass is 10.3. The third-order valence-electron chi connectivity index (χ3n) is 1.62. The molecule has 1 aromatic heterocycles. The van der Waals surface area contributed by atoms with E-state index in [2.05, 4.69) is 9.84 Å². The summed E-state index contributed by atoms with van der Waals surface area (Å²) in [6, 6.07) is -0.166. The van der Waals surface area contributed by atoms with E-state index in [4.69, 9.17) is 0 Å². The molecule has 0 aliphatic carbocycles. The molecule has 80 valence electrons. The van der Waals surface area contributed by atoms with Gasteiger partial charge in [-0.25, -0.2) is 4.68 Å². The van der Waals surface area contributed by atoms with Crippen molar-refractivity contribution in [1.29, 1.82) is 0 Å². The van der Waals surface area contributed by atoms with Gasteiger partial charge in [-0.05, 0) is 20.8 Å². The molecule has 0 fully saturated rings. The normalized spacial score (nSPS) is 12.2. The van der Waals surface area contributed by atoms with Crippen molar-refractivity contribution in [3.8, 4) is 5.88 Å². The molecule has 0 saturated carbocycles. The van der Waals surface area contributed by atoms with Crippen LogP contribution in [0.2, 0.25) is 0 Å². The molecule has 6 heteroatoms. The molecule has 1 aromatic rings. The second-order valence-corrected chi connectivity index (χ2v) is 3.22. The molecule has 0 unspecified atom stereocenters. The Morgan fingerprint density at radius 1 is 1.43 bits per heavy atom. The summed E-state index contributed by atoms with van der Waals surface area (Å²) in [5, 5.41) is 3.79. The Morgan fingerprint density at radius 2 is 2.00 bits per heavy atom. The molecule has 1 heterocycles. The predicted molar refractivity (Wildman–Crippen MR) is 44.0 cm³/mol. The molecule has 14 heavy (non-hydrogen) atoms. The zero-order chi connectivity index (χ0) is 10.9. The van der Waals surface area contributed by atoms with Gasteiger partial charge in [-0.3, -0.25) is 0 Å². The molecule has 0 amide bonds. The van der Waals surface area contributed by atoms with Crippen molar-refractivity contribution < 1.29 is 17.9 Å². The molecule has 0 atom stereocenters. The summed E-state index contributed by atoms with van der Waals surface area (Å²) < 4.78 is 41.0. The number of hydrogen-bond acceptors (Lipinski definition) is 2. The van der Waals surface area contributed by atoms with Crippen molar-refractivity contribution in [1.82, 2.24) is 9.78 Å². The highest BCUT2D eigenvalue weighted by atomic mass is 19.4. The molecule has 0 aromatic carbocycles. The number of halogens is 3. The summed E-state index contributed by atoms with van der Waals surface area (Å²) in [4.78, 5) is 0. The topological polar surface area (TPSA) is 27.1 Å². The smallest absolute Gasteiger partial charge is 0.388 e. The summed E-state index contributed by atoms with van der Waals surface area (Å²) in [7, 11) is 0. The van der Waals surface area contributed by atoms with Crippen molar-refractivity contribution in [2.45, 2.75) is 33.2 Å². The summed E-state index contributed by atoms with van der Waals surface area (Å²) in [6.45, 7) is 4.98. The van der Waals surface area contributed by atoms with Crippen LogP contribution < -0.4 is 4.74 Å². The van der Waals surface area contributed by atoms with E-state index in [-0.39, 0.29) is 11.9 Å². The molecule has 0 radical (unpaired) electrons. The summed E-state index contributed by atoms with van der Waals surface area (Å²) >= 11 is 0. The highest BCUT2D eigenvalue weighted by molar-refractivity contribution is 5.22. The molecule has 0 aliphatic rings. The maximum absolute atomic E-state index is 12.0. The highest BCUT2D eigenvalue weighted by Crippen LogP contribution is 2.27. The van der Waals surface area contributed by atoms with Crippen molar-refractivity contribution in [3.05, 3.63) is 11.8 Å². The van der Waals surface area contributed by atoms with Gasteiger partial charge in [0.15, 0.2) is 0 Å². The fourth-order valence-electron chi connectivity index (χ4n) is 1.04. The lowest BCUT2D eigenvalue weighted by Crippen LogP contribution is -2.20. The average molecular weight is 208 g/mol. The minimum atomic E-state index is -4.67. The number of hydrogen-bond donors (Lipinski definition) is 0. The Kier molecular flexibility index (Phi) is 2.73. The number of nitrogens with zero attached hydrogens (tertiary/aromatic N) is 2. The van der Waals surface area contributed by atoms with Crippen LogP contribution in [0.4, 0.5) is 13.2 Å². The molecule has 0 N–H and O–H groups in total. The van der Waals surface area contributed by atoms with Crippen LogP contribution in [0, 0.1) is 6.92 Å². The van der Waals surface area contributed by atoms with Crippen LogP contribution in [0.5, 0.6) is 5.88 Å². The fourth-order valence-corrected chi connectivity index (χ4v) is 1.04. The van der Waals surface area contributed by atoms with Gasteiger partial charge in [0.25, 0.3) is 0 Å². The van der Waals surface area contributed by atoms with E-state index in [0.717, 1.165) is 0 Å². The Morgan fingerprint density at radius 3 is 2.43 bits per heavy atom. The first-order chi connectivity index (χ1) is 6.31. The van der Waals surface area contributed by atoms with Gasteiger partial charge in [0.05, 0.1) is 12.2 Å². The Hall–Kier alpha value is -1.20. The first kappa shape index (κ1) is 10.9. The van der Waals surface area contributed by atoms with Crippen LogP contribution >= 0.6 is 0 Å². The predicted octanol–water partition coefficient (Wildman–Crippen LogP) is 2.67. The quantitative estimate of drug-likeness (QED) is 0.747. The molecular formula is C8H11F3N2O. The van der Waals surface area contributed by atoms with Crippen molar-refractivity contribution in [2.24, 2.45) is 0 Å². The molecule has 1 rings (SSSR count). The summed E-state index contributed by atoms with van der Waals surface area (Å²) in [6.07, 6.45) is -3.32. The van der Waals surface area contributed by atoms with Gasteiger partial charge in [0.1, 0.15) is 0 Å². The number of aromatic nitrogens is 2.